The lowest BCUT2D eigenvalue weighted by Gasteiger charge is -2.26. The van der Waals surface area contributed by atoms with Crippen LogP contribution in [0.15, 0.2) is 24.4 Å². The predicted octanol–water partition coefficient (Wildman–Crippen LogP) is 5.07. The predicted molar refractivity (Wildman–Crippen MR) is 126 cm³/mol. The Bertz CT molecular complexity index is 1070. The first kappa shape index (κ1) is 27.9. The molecule has 0 aliphatic heterocycles. The van der Waals surface area contributed by atoms with E-state index in [1.54, 1.807) is 27.7 Å². The fraction of sp³-hybridized carbons (Fsp3) is 0.500. The third-order valence-electron chi connectivity index (χ3n) is 4.51. The molecule has 0 saturated carbocycles. The molecule has 0 radical (unpaired) electrons. The van der Waals surface area contributed by atoms with Gasteiger partial charge in [0.15, 0.2) is 11.6 Å². The van der Waals surface area contributed by atoms with Crippen molar-refractivity contribution in [2.45, 2.75) is 59.1 Å². The molecule has 1 atom stereocenters. The van der Waals surface area contributed by atoms with Gasteiger partial charge in [-0.2, -0.15) is 0 Å². The van der Waals surface area contributed by atoms with Gasteiger partial charge in [-0.3, -0.25) is 0 Å². The lowest BCUT2D eigenvalue weighted by atomic mass is 9.93. The Morgan fingerprint density at radius 1 is 1.11 bits per heavy atom. The van der Waals surface area contributed by atoms with E-state index in [1.165, 1.54) is 12.3 Å². The fourth-order valence-corrected chi connectivity index (χ4v) is 3.31. The SMILES string of the molecule is COC(=O)N(C(=O)OC(C)(C)C)c1nccc(-c2cc(F)c(OCC(C)(N)CC(C)C)cc2F)n1. The van der Waals surface area contributed by atoms with Crippen LogP contribution in [0.2, 0.25) is 0 Å². The molecule has 2 aromatic rings. The van der Waals surface area contributed by atoms with Crippen molar-refractivity contribution in [3.63, 3.8) is 0 Å². The van der Waals surface area contributed by atoms with Gasteiger partial charge in [0.25, 0.3) is 0 Å². The van der Waals surface area contributed by atoms with Crippen LogP contribution in [-0.2, 0) is 9.47 Å². The maximum atomic E-state index is 14.9. The number of halogens is 2. The Morgan fingerprint density at radius 3 is 2.34 bits per heavy atom. The molecule has 1 aromatic carbocycles. The monoisotopic (exact) mass is 494 g/mol. The molecular weight excluding hydrogens is 462 g/mol. The van der Waals surface area contributed by atoms with Crippen molar-refractivity contribution in [1.82, 2.24) is 9.97 Å². The van der Waals surface area contributed by atoms with Crippen LogP contribution in [0.3, 0.4) is 0 Å². The molecule has 2 N–H and O–H groups in total. The van der Waals surface area contributed by atoms with E-state index < -0.39 is 40.9 Å². The van der Waals surface area contributed by atoms with E-state index in [9.17, 15) is 18.4 Å². The molecule has 2 rings (SSSR count). The molecule has 192 valence electrons. The summed E-state index contributed by atoms with van der Waals surface area (Å²) in [5, 5.41) is 0. The second-order valence-electron chi connectivity index (χ2n) is 9.83. The molecule has 0 fully saturated rings. The minimum atomic E-state index is -1.11. The number of carbonyl (C=O) groups excluding carboxylic acids is 2. The minimum absolute atomic E-state index is 0.0114. The second-order valence-corrected chi connectivity index (χ2v) is 9.83. The van der Waals surface area contributed by atoms with Gasteiger partial charge >= 0.3 is 12.2 Å². The van der Waals surface area contributed by atoms with Crippen molar-refractivity contribution in [3.05, 3.63) is 36.0 Å². The highest BCUT2D eigenvalue weighted by molar-refractivity contribution is 6.08. The highest BCUT2D eigenvalue weighted by Gasteiger charge is 2.32. The Hall–Kier alpha value is -3.34. The summed E-state index contributed by atoms with van der Waals surface area (Å²) in [6.45, 7) is 10.6. The van der Waals surface area contributed by atoms with E-state index in [0.29, 0.717) is 17.2 Å². The van der Waals surface area contributed by atoms with Crippen LogP contribution in [0.1, 0.15) is 48.0 Å². The fourth-order valence-electron chi connectivity index (χ4n) is 3.31. The molecule has 1 unspecified atom stereocenters. The number of hydrogen-bond acceptors (Lipinski definition) is 8. The summed E-state index contributed by atoms with van der Waals surface area (Å²) < 4.78 is 45.0. The largest absolute Gasteiger partial charge is 0.489 e. The van der Waals surface area contributed by atoms with Crippen LogP contribution >= 0.6 is 0 Å². The Morgan fingerprint density at radius 2 is 1.77 bits per heavy atom. The van der Waals surface area contributed by atoms with E-state index in [4.69, 9.17) is 15.2 Å². The second kappa shape index (κ2) is 10.9. The van der Waals surface area contributed by atoms with Crippen molar-refractivity contribution in [2.24, 2.45) is 11.7 Å². The minimum Gasteiger partial charge on any atom is -0.489 e. The number of hydrogen-bond donors (Lipinski definition) is 1. The highest BCUT2D eigenvalue weighted by Crippen LogP contribution is 2.30. The molecule has 1 aromatic heterocycles. The standard InChI is InChI=1S/C24H32F2N4O5/c1-14(2)12-24(6,27)13-34-19-11-16(25)15(10-17(19)26)18-8-9-28-20(29-18)30(21(31)33-7)22(32)35-23(3,4)5/h8-11,14H,12-13,27H2,1-7H3. The zero-order chi connectivity index (χ0) is 26.6. The summed E-state index contributed by atoms with van der Waals surface area (Å²) in [6, 6.07) is 3.10. The summed E-state index contributed by atoms with van der Waals surface area (Å²) in [5.41, 5.74) is 4.21. The first-order valence-corrected chi connectivity index (χ1v) is 11.0. The number of nitrogens with zero attached hydrogens (tertiary/aromatic N) is 3. The Kier molecular flexibility index (Phi) is 8.72. The molecule has 0 bridgehead atoms. The molecule has 9 nitrogen and oxygen atoms in total. The molecule has 11 heteroatoms. The van der Waals surface area contributed by atoms with Crippen molar-refractivity contribution in [1.29, 1.82) is 0 Å². The van der Waals surface area contributed by atoms with Crippen LogP contribution in [0.5, 0.6) is 5.75 Å². The van der Waals surface area contributed by atoms with Crippen LogP contribution in [0.4, 0.5) is 24.3 Å². The van der Waals surface area contributed by atoms with E-state index in [0.717, 1.165) is 19.2 Å². The third-order valence-corrected chi connectivity index (χ3v) is 4.51. The summed E-state index contributed by atoms with van der Waals surface area (Å²) in [4.78, 5) is 33.2. The topological polar surface area (TPSA) is 117 Å². The van der Waals surface area contributed by atoms with Crippen molar-refractivity contribution >= 4 is 18.1 Å². The number of rotatable bonds is 7. The number of methoxy groups -OCH3 is 1. The van der Waals surface area contributed by atoms with Gasteiger partial charge in [-0.25, -0.2) is 28.3 Å². The molecule has 0 saturated heterocycles. The zero-order valence-electron chi connectivity index (χ0n) is 21.0. The molecule has 0 spiro atoms. The number of nitrogens with two attached hydrogens (primary N) is 1. The van der Waals surface area contributed by atoms with Gasteiger partial charge in [-0.15, -0.1) is 4.90 Å². The molecule has 35 heavy (non-hydrogen) atoms. The lowest BCUT2D eigenvalue weighted by molar-refractivity contribution is 0.0573. The van der Waals surface area contributed by atoms with Crippen LogP contribution in [0.25, 0.3) is 11.3 Å². The summed E-state index contributed by atoms with van der Waals surface area (Å²) in [6.07, 6.45) is -0.389. The normalized spacial score (nSPS) is 13.2. The average molecular weight is 495 g/mol. The molecule has 0 aliphatic carbocycles. The van der Waals surface area contributed by atoms with Crippen molar-refractivity contribution < 1.29 is 32.6 Å². The first-order chi connectivity index (χ1) is 16.1. The number of carbonyl (C=O) groups is 2. The first-order valence-electron chi connectivity index (χ1n) is 11.0. The van der Waals surface area contributed by atoms with E-state index >= 15 is 0 Å². The van der Waals surface area contributed by atoms with E-state index in [1.807, 2.05) is 13.8 Å². The smallest absolute Gasteiger partial charge is 0.427 e. The maximum Gasteiger partial charge on any atom is 0.427 e. The van der Waals surface area contributed by atoms with Gasteiger partial charge in [0.2, 0.25) is 5.95 Å². The van der Waals surface area contributed by atoms with Crippen LogP contribution in [0, 0.1) is 17.6 Å². The number of aromatic nitrogens is 2. The maximum absolute atomic E-state index is 14.9. The quantitative estimate of drug-likeness (QED) is 0.567. The number of benzene rings is 1. The average Bonchev–Trinajstić information content (AvgIpc) is 2.72. The zero-order valence-corrected chi connectivity index (χ0v) is 21.0. The molecular formula is C24H32F2N4O5. The highest BCUT2D eigenvalue weighted by atomic mass is 19.1. The Balaban J connectivity index is 2.37. The molecule has 0 aliphatic rings. The Labute approximate surface area is 203 Å². The third kappa shape index (κ3) is 7.84. The van der Waals surface area contributed by atoms with Crippen LogP contribution in [-0.4, -0.2) is 47.0 Å². The van der Waals surface area contributed by atoms with Gasteiger partial charge in [0.05, 0.1) is 12.8 Å². The molecule has 2 amide bonds. The number of anilines is 1. The van der Waals surface area contributed by atoms with Crippen molar-refractivity contribution in [2.75, 3.05) is 18.6 Å². The summed E-state index contributed by atoms with van der Waals surface area (Å²) >= 11 is 0. The van der Waals surface area contributed by atoms with Gasteiger partial charge in [-0.05, 0) is 52.2 Å². The summed E-state index contributed by atoms with van der Waals surface area (Å²) in [5.74, 6) is -2.11. The van der Waals surface area contributed by atoms with Gasteiger partial charge in [-0.1, -0.05) is 13.8 Å². The van der Waals surface area contributed by atoms with Gasteiger partial charge in [0, 0.05) is 23.4 Å². The van der Waals surface area contributed by atoms with Crippen molar-refractivity contribution in [3.8, 4) is 17.0 Å². The number of imide groups is 1. The van der Waals surface area contributed by atoms with Gasteiger partial charge in [0.1, 0.15) is 18.0 Å². The summed E-state index contributed by atoms with van der Waals surface area (Å²) in [7, 11) is 1.06. The number of amides is 2. The number of ether oxygens (including phenoxy) is 3. The molecule has 1 heterocycles. The lowest BCUT2D eigenvalue weighted by Crippen LogP contribution is -2.43. The van der Waals surface area contributed by atoms with E-state index in [-0.39, 0.29) is 23.6 Å². The van der Waals surface area contributed by atoms with Gasteiger partial charge < -0.3 is 19.9 Å². The van der Waals surface area contributed by atoms with E-state index in [2.05, 4.69) is 14.7 Å². The van der Waals surface area contributed by atoms with Crippen LogP contribution < -0.4 is 15.4 Å².